The lowest BCUT2D eigenvalue weighted by atomic mass is 9.96. The fourth-order valence-electron chi connectivity index (χ4n) is 5.68. The summed E-state index contributed by atoms with van der Waals surface area (Å²) in [6.45, 7) is 10.5. The number of carboxylic acids is 1. The number of aliphatic carboxylic acids is 1. The van der Waals surface area contributed by atoms with Gasteiger partial charge >= 0.3 is 5.97 Å². The Hall–Kier alpha value is -1.32. The monoisotopic (exact) mass is 685 g/mol. The van der Waals surface area contributed by atoms with Crippen molar-refractivity contribution in [3.05, 3.63) is 0 Å². The number of hydrogen-bond donors (Lipinski definition) is 5. The van der Waals surface area contributed by atoms with Gasteiger partial charge in [0, 0.05) is 57.4 Å². The molecule has 0 saturated carbocycles. The van der Waals surface area contributed by atoms with Crippen molar-refractivity contribution in [2.45, 2.75) is 162 Å². The lowest BCUT2D eigenvalue weighted by Gasteiger charge is -2.13. The second-order valence-electron chi connectivity index (χ2n) is 13.5. The second-order valence-corrected chi connectivity index (χ2v) is 14.7. The van der Waals surface area contributed by atoms with E-state index in [4.69, 9.17) is 0 Å². The van der Waals surface area contributed by atoms with Gasteiger partial charge in [-0.2, -0.15) is 11.8 Å². The largest absolute Gasteiger partial charge is 0.481 e. The van der Waals surface area contributed by atoms with Crippen molar-refractivity contribution in [1.29, 1.82) is 0 Å². The number of rotatable bonds is 37. The van der Waals surface area contributed by atoms with E-state index in [0.29, 0.717) is 26.1 Å². The lowest BCUT2D eigenvalue weighted by Crippen LogP contribution is -2.39. The van der Waals surface area contributed by atoms with Crippen LogP contribution in [0.15, 0.2) is 0 Å². The van der Waals surface area contributed by atoms with Crippen molar-refractivity contribution in [1.82, 2.24) is 21.3 Å². The zero-order valence-corrected chi connectivity index (χ0v) is 31.8. The minimum absolute atomic E-state index is 0.0329. The van der Waals surface area contributed by atoms with Crippen LogP contribution >= 0.6 is 11.8 Å². The van der Waals surface area contributed by atoms with Crippen LogP contribution in [0.25, 0.3) is 0 Å². The SMILES string of the molecule is CCCCCCCCCCCCSCC(C)C(=O)NCCNCCNCCNC(=O)CC(CCCCCCCCCCCC)C(=O)O. The van der Waals surface area contributed by atoms with Crippen LogP contribution in [0.1, 0.15) is 162 Å². The highest BCUT2D eigenvalue weighted by molar-refractivity contribution is 7.99. The number of hydrogen-bond acceptors (Lipinski definition) is 6. The molecule has 47 heavy (non-hydrogen) atoms. The van der Waals surface area contributed by atoms with Gasteiger partial charge in [-0.15, -0.1) is 0 Å². The van der Waals surface area contributed by atoms with Gasteiger partial charge in [-0.05, 0) is 18.6 Å². The Morgan fingerprint density at radius 3 is 1.49 bits per heavy atom. The number of carbonyl (C=O) groups excluding carboxylic acids is 2. The van der Waals surface area contributed by atoms with Crippen molar-refractivity contribution in [3.8, 4) is 0 Å². The summed E-state index contributed by atoms with van der Waals surface area (Å²) in [5.41, 5.74) is 0. The minimum Gasteiger partial charge on any atom is -0.481 e. The van der Waals surface area contributed by atoms with Crippen LogP contribution < -0.4 is 21.3 Å². The smallest absolute Gasteiger partial charge is 0.307 e. The molecule has 0 spiro atoms. The van der Waals surface area contributed by atoms with Gasteiger partial charge in [0.05, 0.1) is 5.92 Å². The van der Waals surface area contributed by atoms with Crippen LogP contribution in [-0.2, 0) is 14.4 Å². The molecule has 5 N–H and O–H groups in total. The molecule has 0 aromatic rings. The molecule has 0 aromatic heterocycles. The maximum atomic E-state index is 12.3. The van der Waals surface area contributed by atoms with E-state index < -0.39 is 11.9 Å². The first-order valence-electron chi connectivity index (χ1n) is 19.7. The Labute approximate surface area is 294 Å². The number of nitrogens with one attached hydrogen (secondary N) is 4. The van der Waals surface area contributed by atoms with Gasteiger partial charge in [0.2, 0.25) is 11.8 Å². The summed E-state index contributed by atoms with van der Waals surface area (Å²) in [4.78, 5) is 36.2. The highest BCUT2D eigenvalue weighted by Crippen LogP contribution is 2.17. The first-order valence-corrected chi connectivity index (χ1v) is 20.8. The molecule has 0 bridgehead atoms. The van der Waals surface area contributed by atoms with E-state index in [1.165, 1.54) is 109 Å². The number of carbonyl (C=O) groups is 3. The molecule has 0 aliphatic heterocycles. The van der Waals surface area contributed by atoms with Crippen LogP contribution in [0, 0.1) is 11.8 Å². The van der Waals surface area contributed by atoms with Gasteiger partial charge in [0.1, 0.15) is 0 Å². The van der Waals surface area contributed by atoms with Gasteiger partial charge in [0.15, 0.2) is 0 Å². The van der Waals surface area contributed by atoms with E-state index in [1.807, 2.05) is 18.7 Å². The van der Waals surface area contributed by atoms with Gasteiger partial charge in [-0.1, -0.05) is 143 Å². The van der Waals surface area contributed by atoms with Crippen molar-refractivity contribution in [2.75, 3.05) is 50.8 Å². The van der Waals surface area contributed by atoms with E-state index in [0.717, 1.165) is 50.4 Å². The molecule has 0 saturated heterocycles. The number of unbranched alkanes of at least 4 members (excludes halogenated alkanes) is 18. The number of amides is 2. The number of thioether (sulfide) groups is 1. The van der Waals surface area contributed by atoms with Gasteiger partial charge in [0.25, 0.3) is 0 Å². The third-order valence-electron chi connectivity index (χ3n) is 8.85. The molecule has 0 aliphatic rings. The molecule has 0 radical (unpaired) electrons. The molecule has 8 nitrogen and oxygen atoms in total. The summed E-state index contributed by atoms with van der Waals surface area (Å²) in [7, 11) is 0. The predicted octanol–water partition coefficient (Wildman–Crippen LogP) is 8.09. The molecule has 0 rings (SSSR count). The van der Waals surface area contributed by atoms with Crippen LogP contribution in [0.3, 0.4) is 0 Å². The fraction of sp³-hybridized carbons (Fsp3) is 0.921. The zero-order valence-electron chi connectivity index (χ0n) is 30.9. The van der Waals surface area contributed by atoms with Gasteiger partial charge < -0.3 is 26.4 Å². The summed E-state index contributed by atoms with van der Waals surface area (Å²) in [6.07, 6.45) is 26.3. The topological polar surface area (TPSA) is 120 Å². The van der Waals surface area contributed by atoms with E-state index >= 15 is 0 Å². The molecule has 0 heterocycles. The molecule has 2 atom stereocenters. The second kappa shape index (κ2) is 36.0. The maximum absolute atomic E-state index is 12.3. The van der Waals surface area contributed by atoms with Crippen LogP contribution in [-0.4, -0.2) is 73.7 Å². The van der Waals surface area contributed by atoms with Crippen molar-refractivity contribution < 1.29 is 19.5 Å². The normalized spacial score (nSPS) is 12.6. The van der Waals surface area contributed by atoms with Gasteiger partial charge in [-0.3, -0.25) is 14.4 Å². The third-order valence-corrected chi connectivity index (χ3v) is 10.2. The van der Waals surface area contributed by atoms with E-state index in [9.17, 15) is 19.5 Å². The lowest BCUT2D eigenvalue weighted by molar-refractivity contribution is -0.144. The predicted molar refractivity (Wildman–Crippen MR) is 202 cm³/mol. The average molecular weight is 685 g/mol. The number of carboxylic acid groups (broad SMARTS) is 1. The Kier molecular flexibility index (Phi) is 35.0. The molecule has 278 valence electrons. The third kappa shape index (κ3) is 33.0. The highest BCUT2D eigenvalue weighted by Gasteiger charge is 2.20. The first kappa shape index (κ1) is 45.7. The Morgan fingerprint density at radius 1 is 0.574 bits per heavy atom. The zero-order chi connectivity index (χ0) is 34.6. The molecule has 0 fully saturated rings. The summed E-state index contributed by atoms with van der Waals surface area (Å²) in [5.74, 6) is 0.534. The molecule has 2 amide bonds. The molecular formula is C38H76N4O4S. The van der Waals surface area contributed by atoms with Crippen molar-refractivity contribution in [3.63, 3.8) is 0 Å². The van der Waals surface area contributed by atoms with E-state index in [2.05, 4.69) is 35.1 Å². The Morgan fingerprint density at radius 2 is 1.00 bits per heavy atom. The van der Waals surface area contributed by atoms with E-state index in [1.54, 1.807) is 0 Å². The standard InChI is InChI=1S/C38H76N4O4S/c1-4-6-8-10-12-14-16-18-20-22-24-35(38(45)46)32-36(43)41-29-27-39-25-26-40-28-30-42-37(44)34(3)33-47-31-23-21-19-17-15-13-11-9-7-5-2/h34-35,39-40H,4-33H2,1-3H3,(H,41,43)(H,42,44)(H,45,46). The quantitative estimate of drug-likeness (QED) is 0.0420. The molecular weight excluding hydrogens is 609 g/mol. The molecule has 2 unspecified atom stereocenters. The van der Waals surface area contributed by atoms with E-state index in [-0.39, 0.29) is 24.2 Å². The maximum Gasteiger partial charge on any atom is 0.307 e. The Balaban J connectivity index is 3.60. The van der Waals surface area contributed by atoms with Gasteiger partial charge in [-0.25, -0.2) is 0 Å². The van der Waals surface area contributed by atoms with Crippen LogP contribution in [0.2, 0.25) is 0 Å². The summed E-state index contributed by atoms with van der Waals surface area (Å²) in [6, 6.07) is 0. The summed E-state index contributed by atoms with van der Waals surface area (Å²) >= 11 is 1.90. The summed E-state index contributed by atoms with van der Waals surface area (Å²) in [5, 5.41) is 22.0. The molecule has 0 aliphatic carbocycles. The Bertz CT molecular complexity index is 728. The fourth-order valence-corrected chi connectivity index (χ4v) is 6.76. The van der Waals surface area contributed by atoms with Crippen LogP contribution in [0.5, 0.6) is 0 Å². The summed E-state index contributed by atoms with van der Waals surface area (Å²) < 4.78 is 0. The van der Waals surface area contributed by atoms with Crippen LogP contribution in [0.4, 0.5) is 0 Å². The first-order chi connectivity index (χ1) is 22.9. The highest BCUT2D eigenvalue weighted by atomic mass is 32.2. The van der Waals surface area contributed by atoms with Crippen molar-refractivity contribution >= 4 is 29.5 Å². The average Bonchev–Trinajstić information content (AvgIpc) is 3.06. The molecule has 0 aromatic carbocycles. The molecule has 9 heteroatoms. The minimum atomic E-state index is -0.871. The van der Waals surface area contributed by atoms with Crippen molar-refractivity contribution in [2.24, 2.45) is 11.8 Å².